The quantitative estimate of drug-likeness (QED) is 0.762. The van der Waals surface area contributed by atoms with E-state index in [4.69, 9.17) is 19.9 Å². The molecule has 1 aromatic carbocycles. The van der Waals surface area contributed by atoms with E-state index in [1.54, 1.807) is 20.3 Å². The van der Waals surface area contributed by atoms with E-state index < -0.39 is 21.8 Å². The van der Waals surface area contributed by atoms with Gasteiger partial charge in [0.2, 0.25) is 0 Å². The predicted molar refractivity (Wildman–Crippen MR) is 89.7 cm³/mol. The van der Waals surface area contributed by atoms with Gasteiger partial charge >= 0.3 is 0 Å². The summed E-state index contributed by atoms with van der Waals surface area (Å²) in [6.07, 6.45) is 0. The molecule has 0 unspecified atom stereocenters. The van der Waals surface area contributed by atoms with Crippen LogP contribution >= 0.6 is 11.8 Å². The van der Waals surface area contributed by atoms with E-state index in [2.05, 4.69) is 17.1 Å². The molecule has 1 saturated carbocycles. The van der Waals surface area contributed by atoms with Crippen molar-refractivity contribution in [2.75, 3.05) is 26.6 Å². The first-order valence-electron chi connectivity index (χ1n) is 7.81. The molecule has 1 saturated heterocycles. The summed E-state index contributed by atoms with van der Waals surface area (Å²) in [6, 6.07) is 10.1. The zero-order chi connectivity index (χ0) is 17.9. The van der Waals surface area contributed by atoms with Crippen molar-refractivity contribution in [1.82, 2.24) is 0 Å². The molecule has 8 heteroatoms. The molecule has 3 aliphatic rings. The maximum atomic E-state index is 10.2. The molecule has 0 radical (unpaired) electrons. The molecule has 0 bridgehead atoms. The molecule has 0 amide bonds. The van der Waals surface area contributed by atoms with Crippen LogP contribution in [-0.2, 0) is 4.74 Å². The Hall–Kier alpha value is -2.42. The van der Waals surface area contributed by atoms with Gasteiger partial charge in [-0.15, -0.1) is 0 Å². The van der Waals surface area contributed by atoms with Crippen LogP contribution in [0.15, 0.2) is 18.2 Å². The second kappa shape index (κ2) is 5.04. The molecule has 2 fully saturated rings. The largest absolute Gasteiger partial charge is 0.493 e. The van der Waals surface area contributed by atoms with E-state index in [0.717, 1.165) is 11.3 Å². The number of hydrogen-bond donors (Lipinski definition) is 2. The lowest BCUT2D eigenvalue weighted by Crippen LogP contribution is -2.88. The lowest BCUT2D eigenvalue weighted by Gasteiger charge is -2.24. The summed E-state index contributed by atoms with van der Waals surface area (Å²) in [5.74, 6) is 1.60. The zero-order valence-electron chi connectivity index (χ0n) is 13.8. The van der Waals surface area contributed by atoms with E-state index in [1.807, 2.05) is 12.1 Å². The van der Waals surface area contributed by atoms with Gasteiger partial charge in [0, 0.05) is 17.2 Å². The summed E-state index contributed by atoms with van der Waals surface area (Å²) in [6.45, 7) is 0.498. The normalized spacial score (nSPS) is 37.8. The van der Waals surface area contributed by atoms with Crippen LogP contribution in [0.4, 0.5) is 0 Å². The van der Waals surface area contributed by atoms with Gasteiger partial charge in [0.1, 0.15) is 0 Å². The van der Waals surface area contributed by atoms with E-state index in [1.165, 1.54) is 11.8 Å². The Labute approximate surface area is 149 Å². The minimum absolute atomic E-state index is 0.279. The van der Waals surface area contributed by atoms with Crippen LogP contribution in [0, 0.1) is 33.5 Å². The highest BCUT2D eigenvalue weighted by molar-refractivity contribution is 8.00. The fourth-order valence-corrected chi connectivity index (χ4v) is 5.78. The summed E-state index contributed by atoms with van der Waals surface area (Å²) in [7, 11) is 3.09. The van der Waals surface area contributed by atoms with Gasteiger partial charge in [-0.3, -0.25) is 5.73 Å². The number of nitrogens with one attached hydrogen (secondary N) is 1. The number of nitriles is 2. The molecule has 4 rings (SSSR count). The number of methoxy groups -OCH3 is 2. The Kier molecular flexibility index (Phi) is 3.24. The smallest absolute Gasteiger partial charge is 0.277 e. The van der Waals surface area contributed by atoms with Gasteiger partial charge in [-0.05, 0) is 6.07 Å². The molecule has 25 heavy (non-hydrogen) atoms. The van der Waals surface area contributed by atoms with Crippen molar-refractivity contribution >= 4 is 17.6 Å². The molecule has 0 aromatic heterocycles. The predicted octanol–water partition coefficient (Wildman–Crippen LogP) is -0.310. The SMILES string of the molecule is COc1cccc([C@H]2[C@@]3(C#N)[C@@]4([NH+]=C(N)[C@@]23C#N)OCCS4)c1OC. The van der Waals surface area contributed by atoms with Gasteiger partial charge in [0.25, 0.3) is 10.9 Å². The summed E-state index contributed by atoms with van der Waals surface area (Å²) < 4.78 is 16.8. The van der Waals surface area contributed by atoms with Crippen LogP contribution in [-0.4, -0.2) is 37.5 Å². The lowest BCUT2D eigenvalue weighted by molar-refractivity contribution is -0.583. The molecule has 3 N–H and O–H groups in total. The number of thioether (sulfide) groups is 1. The average Bonchev–Trinajstić information content (AvgIpc) is 2.88. The molecule has 2 aliphatic heterocycles. The van der Waals surface area contributed by atoms with Crippen molar-refractivity contribution in [2.45, 2.75) is 11.0 Å². The lowest BCUT2D eigenvalue weighted by atomic mass is 9.95. The van der Waals surface area contributed by atoms with Gasteiger partial charge in [0.05, 0.1) is 33.0 Å². The van der Waals surface area contributed by atoms with Gasteiger partial charge in [0.15, 0.2) is 22.3 Å². The first-order chi connectivity index (χ1) is 12.1. The molecule has 4 atom stereocenters. The van der Waals surface area contributed by atoms with Crippen LogP contribution in [0.25, 0.3) is 0 Å². The number of ether oxygens (including phenoxy) is 3. The topological polar surface area (TPSA) is 115 Å². The number of hydrogen-bond acceptors (Lipinski definition) is 7. The highest BCUT2D eigenvalue weighted by Gasteiger charge is 2.96. The Balaban J connectivity index is 1.96. The summed E-state index contributed by atoms with van der Waals surface area (Å²) in [5, 5.41) is 19.2. The van der Waals surface area contributed by atoms with Crippen LogP contribution in [0.5, 0.6) is 11.5 Å². The maximum Gasteiger partial charge on any atom is 0.277 e. The van der Waals surface area contributed by atoms with Crippen LogP contribution in [0.3, 0.4) is 0 Å². The van der Waals surface area contributed by atoms with Crippen molar-refractivity contribution < 1.29 is 19.2 Å². The molecule has 1 spiro atoms. The molecule has 2 heterocycles. The van der Waals surface area contributed by atoms with Gasteiger partial charge in [-0.2, -0.15) is 10.5 Å². The first-order valence-corrected chi connectivity index (χ1v) is 8.79. The highest BCUT2D eigenvalue weighted by Crippen LogP contribution is 2.81. The summed E-state index contributed by atoms with van der Waals surface area (Å²) in [5.41, 5.74) is 4.67. The van der Waals surface area contributed by atoms with Crippen molar-refractivity contribution in [3.63, 3.8) is 0 Å². The van der Waals surface area contributed by atoms with E-state index in [0.29, 0.717) is 18.1 Å². The van der Waals surface area contributed by atoms with Crippen LogP contribution in [0.2, 0.25) is 0 Å². The Bertz CT molecular complexity index is 868. The number of amidine groups is 1. The fourth-order valence-electron chi connectivity index (χ4n) is 4.42. The Morgan fingerprint density at radius 2 is 2.12 bits per heavy atom. The Morgan fingerprint density at radius 3 is 2.68 bits per heavy atom. The highest BCUT2D eigenvalue weighted by atomic mass is 32.2. The van der Waals surface area contributed by atoms with Crippen molar-refractivity contribution in [2.24, 2.45) is 16.6 Å². The maximum absolute atomic E-state index is 10.2. The van der Waals surface area contributed by atoms with E-state index in [-0.39, 0.29) is 5.84 Å². The number of nitrogens with zero attached hydrogens (tertiary/aromatic N) is 2. The van der Waals surface area contributed by atoms with Crippen molar-refractivity contribution in [3.8, 4) is 23.6 Å². The number of rotatable bonds is 3. The van der Waals surface area contributed by atoms with E-state index in [9.17, 15) is 10.5 Å². The van der Waals surface area contributed by atoms with Gasteiger partial charge in [-0.25, -0.2) is 4.99 Å². The minimum Gasteiger partial charge on any atom is -0.493 e. The fraction of sp³-hybridized carbons (Fsp3) is 0.471. The minimum atomic E-state index is -1.17. The average molecular weight is 357 g/mol. The monoisotopic (exact) mass is 357 g/mol. The molecular formula is C17H17N4O3S+. The second-order valence-electron chi connectivity index (χ2n) is 6.21. The number of benzene rings is 1. The van der Waals surface area contributed by atoms with Crippen molar-refractivity contribution in [1.29, 1.82) is 10.5 Å². The van der Waals surface area contributed by atoms with Gasteiger partial charge < -0.3 is 14.2 Å². The number of para-hydroxylation sites is 1. The first kappa shape index (κ1) is 16.1. The van der Waals surface area contributed by atoms with Crippen LogP contribution < -0.4 is 20.2 Å². The third kappa shape index (κ3) is 1.53. The van der Waals surface area contributed by atoms with Crippen LogP contribution in [0.1, 0.15) is 11.5 Å². The summed E-state index contributed by atoms with van der Waals surface area (Å²) >= 11 is 1.49. The third-order valence-corrected chi connectivity index (χ3v) is 6.76. The molecule has 7 nitrogen and oxygen atoms in total. The molecular weight excluding hydrogens is 340 g/mol. The summed E-state index contributed by atoms with van der Waals surface area (Å²) in [4.78, 5) is 3.10. The van der Waals surface area contributed by atoms with E-state index >= 15 is 0 Å². The Morgan fingerprint density at radius 1 is 1.32 bits per heavy atom. The third-order valence-electron chi connectivity index (χ3n) is 5.44. The van der Waals surface area contributed by atoms with Crippen molar-refractivity contribution in [3.05, 3.63) is 23.8 Å². The zero-order valence-corrected chi connectivity index (χ0v) is 14.6. The molecule has 1 aromatic rings. The number of nitrogens with two attached hydrogens (primary N) is 1. The molecule has 1 aliphatic carbocycles. The molecule has 128 valence electrons. The second-order valence-corrected chi connectivity index (χ2v) is 7.48. The number of fused-ring (bicyclic) bond motifs is 2. The standard InChI is InChI=1S/C17H16N4O3S/c1-22-11-5-3-4-10(12(11)23-2)13-15(8-18)14(20)21-17(16(13,15)9-19)24-6-7-25-17/h3-5,13H,6-7H2,1-2H3,(H2,20,21)/p+1/t13-,15-,16-,17-/m1/s1. The van der Waals surface area contributed by atoms with Gasteiger partial charge in [-0.1, -0.05) is 23.9 Å².